The molecule has 1 aromatic carbocycles. The molecule has 0 saturated heterocycles. The monoisotopic (exact) mass is 474 g/mol. The fourth-order valence-electron chi connectivity index (χ4n) is 4.75. The minimum absolute atomic E-state index is 0.00874. The first kappa shape index (κ1) is 23.0. The summed E-state index contributed by atoms with van der Waals surface area (Å²) in [4.78, 5) is 13.2. The first-order valence-corrected chi connectivity index (χ1v) is 12.0. The molecule has 0 aliphatic heterocycles. The second-order valence-corrected chi connectivity index (χ2v) is 9.96. The average Bonchev–Trinajstić information content (AvgIpc) is 3.48. The molecule has 1 amide bonds. The fraction of sp³-hybridized carbons (Fsp3) is 0.385. The quantitative estimate of drug-likeness (QED) is 0.334. The van der Waals surface area contributed by atoms with Gasteiger partial charge < -0.3 is 15.6 Å². The highest BCUT2D eigenvalue weighted by atomic mass is 16.5. The van der Waals surface area contributed by atoms with Crippen molar-refractivity contribution in [2.24, 2.45) is 0 Å². The molecule has 9 nitrogen and oxygen atoms in total. The van der Waals surface area contributed by atoms with E-state index in [-0.39, 0.29) is 17.7 Å². The Kier molecular flexibility index (Phi) is 5.80. The lowest BCUT2D eigenvalue weighted by molar-refractivity contribution is -0.617. The molecule has 9 heteroatoms. The normalized spacial score (nSPS) is 20.4. The minimum Gasteiger partial charge on any atom is -0.618 e. The molecule has 1 aliphatic carbocycles. The molecular weight excluding hydrogens is 444 g/mol. The first-order valence-electron chi connectivity index (χ1n) is 12.0. The van der Waals surface area contributed by atoms with Crippen LogP contribution in [0.4, 0.5) is 5.69 Å². The molecule has 0 spiro atoms. The van der Waals surface area contributed by atoms with E-state index in [1.54, 1.807) is 35.3 Å². The van der Waals surface area contributed by atoms with Gasteiger partial charge in [-0.05, 0) is 56.9 Å². The summed E-state index contributed by atoms with van der Waals surface area (Å²) in [6.07, 6.45) is 8.62. The zero-order valence-corrected chi connectivity index (χ0v) is 20.2. The molecule has 1 aliphatic rings. The Bertz CT molecular complexity index is 1360. The zero-order chi connectivity index (χ0) is 24.7. The van der Waals surface area contributed by atoms with Gasteiger partial charge in [-0.1, -0.05) is 13.8 Å². The average molecular weight is 475 g/mol. The number of nitrogens with zero attached hydrogens (tertiary/aromatic N) is 5. The summed E-state index contributed by atoms with van der Waals surface area (Å²) < 4.78 is 4.33. The molecule has 0 atom stereocenters. The number of carbonyl (C=O) groups is 1. The van der Waals surface area contributed by atoms with E-state index >= 15 is 0 Å². The lowest BCUT2D eigenvalue weighted by Crippen LogP contribution is -2.41. The number of hydrogen-bond donors (Lipinski definition) is 2. The van der Waals surface area contributed by atoms with E-state index in [9.17, 15) is 15.1 Å². The number of hydrogen-bond acceptors (Lipinski definition) is 5. The predicted molar refractivity (Wildman–Crippen MR) is 132 cm³/mol. The zero-order valence-electron chi connectivity index (χ0n) is 20.2. The molecule has 5 rings (SSSR count). The van der Waals surface area contributed by atoms with Gasteiger partial charge in [0.25, 0.3) is 5.69 Å². The van der Waals surface area contributed by atoms with Gasteiger partial charge >= 0.3 is 5.91 Å². The Morgan fingerprint density at radius 1 is 1.26 bits per heavy atom. The molecule has 3 aromatic heterocycles. The van der Waals surface area contributed by atoms with E-state index in [1.807, 2.05) is 43.8 Å². The Hall–Kier alpha value is -3.72. The third-order valence-corrected chi connectivity index (χ3v) is 6.84. The van der Waals surface area contributed by atoms with Crippen molar-refractivity contribution in [3.8, 4) is 5.69 Å². The second-order valence-electron chi connectivity index (χ2n) is 9.96. The Morgan fingerprint density at radius 3 is 2.71 bits per heavy atom. The Morgan fingerprint density at radius 2 is 2.03 bits per heavy atom. The van der Waals surface area contributed by atoms with Crippen LogP contribution in [0.2, 0.25) is 0 Å². The van der Waals surface area contributed by atoms with Crippen molar-refractivity contribution in [2.75, 3.05) is 5.32 Å². The molecular formula is C26H30N6O3. The van der Waals surface area contributed by atoms with Crippen LogP contribution < -0.4 is 10.0 Å². The standard InChI is InChI=1S/C26H30N6O3/c1-17(2)22-6-4-7-23(32(22)35)25(33)28-21-14-18-16-31(19-8-10-26(3,34)11-9-19)29-20(18)15-24(21)30-13-5-12-27-30/h4-7,12-17,19,34H,8-11H2,1-3H3,(H,28,33). The summed E-state index contributed by atoms with van der Waals surface area (Å²) in [5.74, 6) is -0.497. The van der Waals surface area contributed by atoms with E-state index in [4.69, 9.17) is 5.10 Å². The van der Waals surface area contributed by atoms with Crippen LogP contribution in [0.1, 0.15) is 74.6 Å². The molecule has 2 N–H and O–H groups in total. The van der Waals surface area contributed by atoms with Crippen molar-refractivity contribution in [1.29, 1.82) is 0 Å². The van der Waals surface area contributed by atoms with E-state index in [0.29, 0.717) is 21.8 Å². The van der Waals surface area contributed by atoms with E-state index in [1.165, 1.54) is 6.07 Å². The number of nitrogens with one attached hydrogen (secondary N) is 1. The third kappa shape index (κ3) is 4.51. The molecule has 4 aromatic rings. The predicted octanol–water partition coefficient (Wildman–Crippen LogP) is 4.10. The first-order chi connectivity index (χ1) is 16.7. The van der Waals surface area contributed by atoms with Gasteiger partial charge in [-0.2, -0.15) is 14.9 Å². The molecule has 182 valence electrons. The van der Waals surface area contributed by atoms with Crippen LogP contribution in [0.3, 0.4) is 0 Å². The molecule has 0 radical (unpaired) electrons. The number of pyridine rings is 1. The maximum atomic E-state index is 13.2. The SMILES string of the molecule is CC(C)c1cccc(C(=O)Nc2cc3cn(C4CCC(C)(O)CC4)nc3cc2-n2cccn2)[n+]1[O-]. The highest BCUT2D eigenvalue weighted by molar-refractivity contribution is 6.04. The van der Waals surface area contributed by atoms with Crippen molar-refractivity contribution >= 4 is 22.5 Å². The van der Waals surface area contributed by atoms with Crippen LogP contribution in [0.5, 0.6) is 0 Å². The maximum Gasteiger partial charge on any atom is 0.321 e. The van der Waals surface area contributed by atoms with Crippen molar-refractivity contribution in [1.82, 2.24) is 19.6 Å². The maximum absolute atomic E-state index is 13.2. The van der Waals surface area contributed by atoms with Crippen LogP contribution in [-0.2, 0) is 0 Å². The van der Waals surface area contributed by atoms with Gasteiger partial charge in [0.15, 0.2) is 5.69 Å². The molecule has 0 bridgehead atoms. The highest BCUT2D eigenvalue weighted by Crippen LogP contribution is 2.35. The number of fused-ring (bicyclic) bond motifs is 1. The van der Waals surface area contributed by atoms with Crippen molar-refractivity contribution < 1.29 is 14.6 Å². The van der Waals surface area contributed by atoms with Gasteiger partial charge in [0.05, 0.1) is 28.5 Å². The van der Waals surface area contributed by atoms with Crippen LogP contribution in [0, 0.1) is 5.21 Å². The lowest BCUT2D eigenvalue weighted by atomic mass is 9.84. The number of aromatic nitrogens is 5. The van der Waals surface area contributed by atoms with Crippen molar-refractivity contribution in [3.05, 3.63) is 71.6 Å². The smallest absolute Gasteiger partial charge is 0.321 e. The number of rotatable bonds is 5. The van der Waals surface area contributed by atoms with Crippen LogP contribution in [-0.4, -0.2) is 36.2 Å². The third-order valence-electron chi connectivity index (χ3n) is 6.84. The molecule has 3 heterocycles. The molecule has 1 fully saturated rings. The second kappa shape index (κ2) is 8.81. The van der Waals surface area contributed by atoms with E-state index in [0.717, 1.165) is 36.6 Å². The number of anilines is 1. The summed E-state index contributed by atoms with van der Waals surface area (Å²) in [7, 11) is 0. The Labute approximate surface area is 203 Å². The minimum atomic E-state index is -0.612. The summed E-state index contributed by atoms with van der Waals surface area (Å²) in [6.45, 7) is 5.72. The summed E-state index contributed by atoms with van der Waals surface area (Å²) >= 11 is 0. The number of amides is 1. The summed E-state index contributed by atoms with van der Waals surface area (Å²) in [5.41, 5.74) is 1.93. The number of benzene rings is 1. The van der Waals surface area contributed by atoms with E-state index in [2.05, 4.69) is 10.4 Å². The van der Waals surface area contributed by atoms with Gasteiger partial charge in [-0.15, -0.1) is 0 Å². The molecule has 0 unspecified atom stereocenters. The van der Waals surface area contributed by atoms with Gasteiger partial charge in [-0.3, -0.25) is 9.48 Å². The fourth-order valence-corrected chi connectivity index (χ4v) is 4.75. The largest absolute Gasteiger partial charge is 0.618 e. The van der Waals surface area contributed by atoms with Gasteiger partial charge in [-0.25, -0.2) is 4.68 Å². The van der Waals surface area contributed by atoms with Crippen LogP contribution in [0.15, 0.2) is 55.0 Å². The summed E-state index contributed by atoms with van der Waals surface area (Å²) in [6, 6.07) is 10.8. The van der Waals surface area contributed by atoms with Crippen LogP contribution in [0.25, 0.3) is 16.6 Å². The van der Waals surface area contributed by atoms with Gasteiger partial charge in [0.1, 0.15) is 0 Å². The lowest BCUT2D eigenvalue weighted by Gasteiger charge is -2.33. The van der Waals surface area contributed by atoms with Gasteiger partial charge in [0.2, 0.25) is 0 Å². The highest BCUT2D eigenvalue weighted by Gasteiger charge is 2.30. The van der Waals surface area contributed by atoms with Crippen LogP contribution >= 0.6 is 0 Å². The summed E-state index contributed by atoms with van der Waals surface area (Å²) in [5, 5.41) is 36.0. The topological polar surface area (TPSA) is 112 Å². The molecule has 35 heavy (non-hydrogen) atoms. The number of aliphatic hydroxyl groups is 1. The van der Waals surface area contributed by atoms with Crippen molar-refractivity contribution in [2.45, 2.75) is 64.0 Å². The molecule has 1 saturated carbocycles. The van der Waals surface area contributed by atoms with E-state index < -0.39 is 11.5 Å². The Balaban J connectivity index is 1.51. The van der Waals surface area contributed by atoms with Crippen molar-refractivity contribution in [3.63, 3.8) is 0 Å². The number of carbonyl (C=O) groups excluding carboxylic acids is 1. The van der Waals surface area contributed by atoms with Gasteiger partial charge in [0, 0.05) is 42.0 Å².